The molecule has 1 fully saturated rings. The van der Waals surface area contributed by atoms with Crippen molar-refractivity contribution in [1.82, 2.24) is 5.32 Å². The highest BCUT2D eigenvalue weighted by Crippen LogP contribution is 2.21. The molecule has 2 rings (SSSR count). The first-order valence-corrected chi connectivity index (χ1v) is 4.64. The second-order valence-electron chi connectivity index (χ2n) is 3.37. The quantitative estimate of drug-likeness (QED) is 0.724. The summed E-state index contributed by atoms with van der Waals surface area (Å²) in [6, 6.07) is 1.02. The molecule has 0 amide bonds. The molecule has 1 aromatic carbocycles. The standard InChI is InChI=1S/C10H10F3NO/c11-7-4-9(13)8(12)3-6(7)10-5-15-2-1-14-10/h3-4,10,14H,1-2,5H2/t10-/m1/s1. The maximum absolute atomic E-state index is 13.3. The number of hydrogen-bond acceptors (Lipinski definition) is 2. The van der Waals surface area contributed by atoms with E-state index in [9.17, 15) is 13.2 Å². The molecule has 82 valence electrons. The van der Waals surface area contributed by atoms with Crippen LogP contribution in [0, 0.1) is 17.5 Å². The minimum absolute atomic E-state index is 0.105. The van der Waals surface area contributed by atoms with E-state index in [1.807, 2.05) is 0 Å². The van der Waals surface area contributed by atoms with E-state index in [1.54, 1.807) is 0 Å². The SMILES string of the molecule is Fc1cc(F)c([C@H]2COCCN2)cc1F. The van der Waals surface area contributed by atoms with Crippen LogP contribution in [0.15, 0.2) is 12.1 Å². The Kier molecular flexibility index (Phi) is 2.93. The fourth-order valence-corrected chi connectivity index (χ4v) is 1.57. The van der Waals surface area contributed by atoms with Crippen LogP contribution in [0.2, 0.25) is 0 Å². The van der Waals surface area contributed by atoms with Crippen LogP contribution >= 0.6 is 0 Å². The summed E-state index contributed by atoms with van der Waals surface area (Å²) in [7, 11) is 0. The highest BCUT2D eigenvalue weighted by molar-refractivity contribution is 5.23. The summed E-state index contributed by atoms with van der Waals surface area (Å²) in [4.78, 5) is 0. The summed E-state index contributed by atoms with van der Waals surface area (Å²) in [5.74, 6) is -2.97. The van der Waals surface area contributed by atoms with E-state index in [2.05, 4.69) is 5.32 Å². The van der Waals surface area contributed by atoms with Gasteiger partial charge in [-0.3, -0.25) is 0 Å². The van der Waals surface area contributed by atoms with Crippen molar-refractivity contribution in [2.75, 3.05) is 19.8 Å². The minimum atomic E-state index is -1.17. The van der Waals surface area contributed by atoms with Crippen LogP contribution < -0.4 is 5.32 Å². The van der Waals surface area contributed by atoms with Crippen molar-refractivity contribution in [3.05, 3.63) is 35.1 Å². The van der Waals surface area contributed by atoms with E-state index in [0.717, 1.165) is 6.07 Å². The summed E-state index contributed by atoms with van der Waals surface area (Å²) in [6.45, 7) is 1.38. The zero-order valence-corrected chi connectivity index (χ0v) is 7.90. The Bertz CT molecular complexity index is 364. The van der Waals surface area contributed by atoms with Gasteiger partial charge in [-0.05, 0) is 6.07 Å². The van der Waals surface area contributed by atoms with E-state index in [4.69, 9.17) is 4.74 Å². The molecule has 0 unspecified atom stereocenters. The second kappa shape index (κ2) is 4.20. The lowest BCUT2D eigenvalue weighted by Gasteiger charge is -2.24. The lowest BCUT2D eigenvalue weighted by Crippen LogP contribution is -2.35. The predicted octanol–water partition coefficient (Wildman–Crippen LogP) is 1.76. The fourth-order valence-electron chi connectivity index (χ4n) is 1.57. The average molecular weight is 217 g/mol. The van der Waals surface area contributed by atoms with Crippen LogP contribution in [-0.2, 0) is 4.74 Å². The van der Waals surface area contributed by atoms with Gasteiger partial charge in [0.05, 0.1) is 19.3 Å². The minimum Gasteiger partial charge on any atom is -0.378 e. The zero-order chi connectivity index (χ0) is 10.8. The van der Waals surface area contributed by atoms with Gasteiger partial charge in [-0.25, -0.2) is 13.2 Å². The van der Waals surface area contributed by atoms with E-state index < -0.39 is 23.5 Å². The van der Waals surface area contributed by atoms with E-state index in [0.29, 0.717) is 19.2 Å². The Labute approximate surface area is 85.0 Å². The molecule has 1 aliphatic rings. The van der Waals surface area contributed by atoms with Gasteiger partial charge in [0.1, 0.15) is 5.82 Å². The highest BCUT2D eigenvalue weighted by atomic mass is 19.2. The molecule has 15 heavy (non-hydrogen) atoms. The molecule has 1 saturated heterocycles. The van der Waals surface area contributed by atoms with Crippen molar-refractivity contribution in [2.24, 2.45) is 0 Å². The van der Waals surface area contributed by atoms with Crippen LogP contribution in [0.3, 0.4) is 0 Å². The van der Waals surface area contributed by atoms with Crippen LogP contribution in [0.4, 0.5) is 13.2 Å². The number of rotatable bonds is 1. The zero-order valence-electron chi connectivity index (χ0n) is 7.90. The number of morpholine rings is 1. The molecule has 1 N–H and O–H groups in total. The summed E-state index contributed by atoms with van der Waals surface area (Å²) in [5.41, 5.74) is 0.105. The third-order valence-electron chi connectivity index (χ3n) is 2.34. The molecular weight excluding hydrogens is 207 g/mol. The van der Waals surface area contributed by atoms with Crippen LogP contribution in [-0.4, -0.2) is 19.8 Å². The number of nitrogens with one attached hydrogen (secondary N) is 1. The summed E-state index contributed by atoms with van der Waals surface area (Å²) in [5, 5.41) is 2.97. The molecule has 1 aliphatic heterocycles. The average Bonchev–Trinajstić information content (AvgIpc) is 2.25. The second-order valence-corrected chi connectivity index (χ2v) is 3.37. The van der Waals surface area contributed by atoms with Gasteiger partial charge >= 0.3 is 0 Å². The normalized spacial score (nSPS) is 21.7. The van der Waals surface area contributed by atoms with Gasteiger partial charge in [0, 0.05) is 18.2 Å². The van der Waals surface area contributed by atoms with E-state index >= 15 is 0 Å². The van der Waals surface area contributed by atoms with E-state index in [1.165, 1.54) is 0 Å². The van der Waals surface area contributed by atoms with Crippen molar-refractivity contribution in [3.8, 4) is 0 Å². The van der Waals surface area contributed by atoms with Gasteiger partial charge in [0.2, 0.25) is 0 Å². The molecule has 0 aromatic heterocycles. The topological polar surface area (TPSA) is 21.3 Å². The Morgan fingerprint density at radius 1 is 1.13 bits per heavy atom. The van der Waals surface area contributed by atoms with Crippen molar-refractivity contribution in [2.45, 2.75) is 6.04 Å². The lowest BCUT2D eigenvalue weighted by atomic mass is 10.1. The molecule has 0 bridgehead atoms. The van der Waals surface area contributed by atoms with Crippen LogP contribution in [0.25, 0.3) is 0 Å². The molecule has 0 saturated carbocycles. The number of benzene rings is 1. The first-order chi connectivity index (χ1) is 7.18. The smallest absolute Gasteiger partial charge is 0.161 e. The summed E-state index contributed by atoms with van der Waals surface area (Å²) < 4.78 is 44.0. The Hall–Kier alpha value is -1.07. The maximum Gasteiger partial charge on any atom is 0.161 e. The first-order valence-electron chi connectivity index (χ1n) is 4.64. The van der Waals surface area contributed by atoms with Gasteiger partial charge in [0.25, 0.3) is 0 Å². The highest BCUT2D eigenvalue weighted by Gasteiger charge is 2.20. The molecular formula is C10H10F3NO. The maximum atomic E-state index is 13.3. The van der Waals surface area contributed by atoms with Crippen molar-refractivity contribution in [1.29, 1.82) is 0 Å². The number of halogens is 3. The molecule has 0 radical (unpaired) electrons. The fraction of sp³-hybridized carbons (Fsp3) is 0.400. The van der Waals surface area contributed by atoms with Crippen molar-refractivity contribution >= 4 is 0 Å². The van der Waals surface area contributed by atoms with Gasteiger partial charge in [-0.15, -0.1) is 0 Å². The Balaban J connectivity index is 2.30. The largest absolute Gasteiger partial charge is 0.378 e. The Morgan fingerprint density at radius 2 is 1.87 bits per heavy atom. The first kappa shape index (κ1) is 10.4. The number of ether oxygens (including phenoxy) is 1. The lowest BCUT2D eigenvalue weighted by molar-refractivity contribution is 0.0756. The van der Waals surface area contributed by atoms with Crippen LogP contribution in [0.1, 0.15) is 11.6 Å². The predicted molar refractivity (Wildman–Crippen MR) is 47.9 cm³/mol. The van der Waals surface area contributed by atoms with Crippen LogP contribution in [0.5, 0.6) is 0 Å². The third kappa shape index (κ3) is 2.13. The monoisotopic (exact) mass is 217 g/mol. The molecule has 1 heterocycles. The molecule has 0 aliphatic carbocycles. The van der Waals surface area contributed by atoms with Crippen molar-refractivity contribution < 1.29 is 17.9 Å². The van der Waals surface area contributed by atoms with E-state index in [-0.39, 0.29) is 12.2 Å². The molecule has 2 nitrogen and oxygen atoms in total. The summed E-state index contributed by atoms with van der Waals surface area (Å²) in [6.07, 6.45) is 0. The third-order valence-corrected chi connectivity index (χ3v) is 2.34. The van der Waals surface area contributed by atoms with Crippen molar-refractivity contribution in [3.63, 3.8) is 0 Å². The summed E-state index contributed by atoms with van der Waals surface area (Å²) >= 11 is 0. The Morgan fingerprint density at radius 3 is 2.53 bits per heavy atom. The van der Waals surface area contributed by atoms with Gasteiger partial charge in [-0.2, -0.15) is 0 Å². The molecule has 0 spiro atoms. The molecule has 1 aromatic rings. The molecule has 5 heteroatoms. The van der Waals surface area contributed by atoms with Gasteiger partial charge in [-0.1, -0.05) is 0 Å². The van der Waals surface area contributed by atoms with Gasteiger partial charge in [0.15, 0.2) is 11.6 Å². The van der Waals surface area contributed by atoms with Gasteiger partial charge < -0.3 is 10.1 Å². The molecule has 1 atom stereocenters. The number of hydrogen-bond donors (Lipinski definition) is 1.